The SMILES string of the molecule is CCNC(C)c1cccnc1Sc1ncccc1Br. The van der Waals surface area contributed by atoms with Crippen molar-refractivity contribution < 1.29 is 0 Å². The van der Waals surface area contributed by atoms with Gasteiger partial charge in [0.1, 0.15) is 10.1 Å². The predicted octanol–water partition coefficient (Wildman–Crippen LogP) is 4.06. The first kappa shape index (κ1) is 14.5. The van der Waals surface area contributed by atoms with Gasteiger partial charge in [0.25, 0.3) is 0 Å². The summed E-state index contributed by atoms with van der Waals surface area (Å²) < 4.78 is 0.993. The number of nitrogens with zero attached hydrogens (tertiary/aromatic N) is 2. The van der Waals surface area contributed by atoms with Gasteiger partial charge in [0, 0.05) is 24.0 Å². The Balaban J connectivity index is 2.28. The molecule has 100 valence electrons. The second-order valence-electron chi connectivity index (χ2n) is 4.07. The topological polar surface area (TPSA) is 37.8 Å². The molecular formula is C14H16BrN3S. The van der Waals surface area contributed by atoms with E-state index in [9.17, 15) is 0 Å². The van der Waals surface area contributed by atoms with Crippen LogP contribution in [-0.2, 0) is 0 Å². The van der Waals surface area contributed by atoms with Crippen LogP contribution < -0.4 is 5.32 Å². The van der Waals surface area contributed by atoms with Crippen LogP contribution >= 0.6 is 27.7 Å². The highest BCUT2D eigenvalue weighted by Gasteiger charge is 2.13. The van der Waals surface area contributed by atoms with E-state index < -0.39 is 0 Å². The Morgan fingerprint density at radius 2 is 1.89 bits per heavy atom. The number of hydrogen-bond acceptors (Lipinski definition) is 4. The summed E-state index contributed by atoms with van der Waals surface area (Å²) in [4.78, 5) is 8.86. The van der Waals surface area contributed by atoms with Crippen LogP contribution in [0.1, 0.15) is 25.5 Å². The Hall–Kier alpha value is -0.910. The second kappa shape index (κ2) is 7.03. The van der Waals surface area contributed by atoms with Crippen LogP contribution in [0, 0.1) is 0 Å². The van der Waals surface area contributed by atoms with Crippen LogP contribution in [0.15, 0.2) is 51.2 Å². The second-order valence-corrected chi connectivity index (χ2v) is 5.90. The first-order chi connectivity index (χ1) is 9.22. The third kappa shape index (κ3) is 3.78. The van der Waals surface area contributed by atoms with Gasteiger partial charge in [0.05, 0.1) is 4.47 Å². The molecule has 2 heterocycles. The number of nitrogens with one attached hydrogen (secondary N) is 1. The fraction of sp³-hybridized carbons (Fsp3) is 0.286. The summed E-state index contributed by atoms with van der Waals surface area (Å²) in [5.41, 5.74) is 1.20. The van der Waals surface area contributed by atoms with Gasteiger partial charge in [0.15, 0.2) is 0 Å². The summed E-state index contributed by atoms with van der Waals surface area (Å²) in [5, 5.41) is 5.35. The molecule has 0 fully saturated rings. The van der Waals surface area contributed by atoms with E-state index in [0.29, 0.717) is 0 Å². The first-order valence-corrected chi connectivity index (χ1v) is 7.80. The maximum Gasteiger partial charge on any atom is 0.116 e. The molecular weight excluding hydrogens is 322 g/mol. The van der Waals surface area contributed by atoms with Gasteiger partial charge in [-0.15, -0.1) is 0 Å². The third-order valence-electron chi connectivity index (χ3n) is 2.70. The van der Waals surface area contributed by atoms with Crippen molar-refractivity contribution in [3.05, 3.63) is 46.7 Å². The lowest BCUT2D eigenvalue weighted by Crippen LogP contribution is -2.18. The smallest absolute Gasteiger partial charge is 0.116 e. The van der Waals surface area contributed by atoms with E-state index in [1.807, 2.05) is 24.4 Å². The number of pyridine rings is 2. The van der Waals surface area contributed by atoms with E-state index in [4.69, 9.17) is 0 Å². The predicted molar refractivity (Wildman–Crippen MR) is 82.4 cm³/mol. The lowest BCUT2D eigenvalue weighted by atomic mass is 10.1. The van der Waals surface area contributed by atoms with Crippen LogP contribution in [0.25, 0.3) is 0 Å². The maximum atomic E-state index is 4.48. The molecule has 0 bridgehead atoms. The molecule has 2 aromatic rings. The molecule has 0 amide bonds. The van der Waals surface area contributed by atoms with Gasteiger partial charge in [-0.3, -0.25) is 0 Å². The van der Waals surface area contributed by atoms with E-state index in [2.05, 4.69) is 51.1 Å². The molecule has 2 aromatic heterocycles. The maximum absolute atomic E-state index is 4.48. The van der Waals surface area contributed by atoms with E-state index in [-0.39, 0.29) is 6.04 Å². The van der Waals surface area contributed by atoms with Gasteiger partial charge < -0.3 is 5.32 Å². The summed E-state index contributed by atoms with van der Waals surface area (Å²) in [7, 11) is 0. The lowest BCUT2D eigenvalue weighted by molar-refractivity contribution is 0.585. The molecule has 0 saturated heterocycles. The Labute approximate surface area is 126 Å². The quantitative estimate of drug-likeness (QED) is 0.892. The van der Waals surface area contributed by atoms with Gasteiger partial charge in [-0.25, -0.2) is 9.97 Å². The molecule has 2 rings (SSSR count). The fourth-order valence-electron chi connectivity index (χ4n) is 1.77. The molecule has 0 aromatic carbocycles. The summed E-state index contributed by atoms with van der Waals surface area (Å²) in [6, 6.07) is 8.27. The molecule has 0 saturated carbocycles. The number of aromatic nitrogens is 2. The highest BCUT2D eigenvalue weighted by molar-refractivity contribution is 9.10. The lowest BCUT2D eigenvalue weighted by Gasteiger charge is -2.15. The van der Waals surface area contributed by atoms with E-state index >= 15 is 0 Å². The zero-order valence-electron chi connectivity index (χ0n) is 10.9. The van der Waals surface area contributed by atoms with Crippen molar-refractivity contribution in [1.82, 2.24) is 15.3 Å². The molecule has 0 spiro atoms. The molecule has 5 heteroatoms. The van der Waals surface area contributed by atoms with Crippen molar-refractivity contribution in [1.29, 1.82) is 0 Å². The molecule has 1 unspecified atom stereocenters. The van der Waals surface area contributed by atoms with Crippen molar-refractivity contribution in [3.8, 4) is 0 Å². The largest absolute Gasteiger partial charge is 0.310 e. The van der Waals surface area contributed by atoms with Gasteiger partial charge in [-0.1, -0.05) is 13.0 Å². The van der Waals surface area contributed by atoms with Crippen LogP contribution in [0.3, 0.4) is 0 Å². The normalized spacial score (nSPS) is 12.4. The van der Waals surface area contributed by atoms with Gasteiger partial charge in [0.2, 0.25) is 0 Å². The van der Waals surface area contributed by atoms with Crippen molar-refractivity contribution in [2.75, 3.05) is 6.54 Å². The Bertz CT molecular complexity index is 548. The summed E-state index contributed by atoms with van der Waals surface area (Å²) >= 11 is 5.11. The van der Waals surface area contributed by atoms with E-state index in [1.54, 1.807) is 18.0 Å². The van der Waals surface area contributed by atoms with Crippen LogP contribution in [0.5, 0.6) is 0 Å². The van der Waals surface area contributed by atoms with Crippen molar-refractivity contribution in [3.63, 3.8) is 0 Å². The zero-order valence-corrected chi connectivity index (χ0v) is 13.3. The first-order valence-electron chi connectivity index (χ1n) is 6.19. The monoisotopic (exact) mass is 337 g/mol. The van der Waals surface area contributed by atoms with Crippen LogP contribution in [-0.4, -0.2) is 16.5 Å². The van der Waals surface area contributed by atoms with Crippen molar-refractivity contribution >= 4 is 27.7 Å². The fourth-order valence-corrected chi connectivity index (χ4v) is 3.21. The Morgan fingerprint density at radius 3 is 2.58 bits per heavy atom. The molecule has 1 atom stereocenters. The highest BCUT2D eigenvalue weighted by Crippen LogP contribution is 2.33. The van der Waals surface area contributed by atoms with E-state index in [0.717, 1.165) is 21.1 Å². The number of halogens is 1. The van der Waals surface area contributed by atoms with Crippen LogP contribution in [0.2, 0.25) is 0 Å². The summed E-state index contributed by atoms with van der Waals surface area (Å²) in [6.45, 7) is 5.19. The average Bonchev–Trinajstić information content (AvgIpc) is 2.42. The molecule has 1 N–H and O–H groups in total. The average molecular weight is 338 g/mol. The third-order valence-corrected chi connectivity index (χ3v) is 4.65. The van der Waals surface area contributed by atoms with Gasteiger partial charge >= 0.3 is 0 Å². The molecule has 0 aliphatic carbocycles. The van der Waals surface area contributed by atoms with Crippen molar-refractivity contribution in [2.24, 2.45) is 0 Å². The molecule has 19 heavy (non-hydrogen) atoms. The summed E-state index contributed by atoms with van der Waals surface area (Å²) in [5.74, 6) is 0. The van der Waals surface area contributed by atoms with Gasteiger partial charge in [-0.05, 0) is 59.4 Å². The number of hydrogen-bond donors (Lipinski definition) is 1. The Kier molecular flexibility index (Phi) is 5.36. The molecule has 3 nitrogen and oxygen atoms in total. The minimum atomic E-state index is 0.281. The highest BCUT2D eigenvalue weighted by atomic mass is 79.9. The number of rotatable bonds is 5. The Morgan fingerprint density at radius 1 is 1.21 bits per heavy atom. The minimum Gasteiger partial charge on any atom is -0.310 e. The molecule has 0 aliphatic heterocycles. The molecule has 0 aliphatic rings. The zero-order chi connectivity index (χ0) is 13.7. The minimum absolute atomic E-state index is 0.281. The van der Waals surface area contributed by atoms with Crippen LogP contribution in [0.4, 0.5) is 0 Å². The standard InChI is InChI=1S/C14H16BrN3S/c1-3-16-10(2)11-6-4-8-17-13(11)19-14-12(15)7-5-9-18-14/h4-10,16H,3H2,1-2H3. The van der Waals surface area contributed by atoms with Crippen molar-refractivity contribution in [2.45, 2.75) is 29.9 Å². The molecule has 0 radical (unpaired) electrons. The summed E-state index contributed by atoms with van der Waals surface area (Å²) in [6.07, 6.45) is 3.62. The van der Waals surface area contributed by atoms with Gasteiger partial charge in [-0.2, -0.15) is 0 Å². The van der Waals surface area contributed by atoms with E-state index in [1.165, 1.54) is 5.56 Å².